The van der Waals surface area contributed by atoms with Gasteiger partial charge in [0.25, 0.3) is 0 Å². The number of aliphatic imine (C=N–C) groups is 1. The van der Waals surface area contributed by atoms with Crippen molar-refractivity contribution in [2.45, 2.75) is 6.42 Å². The van der Waals surface area contributed by atoms with E-state index in [0.717, 1.165) is 6.42 Å². The van der Waals surface area contributed by atoms with Crippen molar-refractivity contribution in [2.75, 3.05) is 24.8 Å². The fourth-order valence-corrected chi connectivity index (χ4v) is 1.56. The number of nitrogens with one attached hydrogen (secondary N) is 1. The van der Waals surface area contributed by atoms with Crippen LogP contribution in [0.15, 0.2) is 4.99 Å². The van der Waals surface area contributed by atoms with Crippen molar-refractivity contribution in [3.8, 4) is 6.19 Å². The smallest absolute Gasteiger partial charge is 0.183 e. The number of thioether (sulfide) groups is 1. The summed E-state index contributed by atoms with van der Waals surface area (Å²) in [6, 6.07) is 0. The number of nitriles is 1. The van der Waals surface area contributed by atoms with Gasteiger partial charge in [0.15, 0.2) is 11.4 Å². The molecule has 0 aliphatic carbocycles. The molecule has 4 nitrogen and oxygen atoms in total. The van der Waals surface area contributed by atoms with Gasteiger partial charge in [-0.05, 0) is 12.7 Å². The van der Waals surface area contributed by atoms with Crippen LogP contribution in [0.3, 0.4) is 0 Å². The van der Waals surface area contributed by atoms with Gasteiger partial charge >= 0.3 is 0 Å². The van der Waals surface area contributed by atoms with E-state index in [-0.39, 0.29) is 0 Å². The second kappa shape index (κ2) is 8.08. The largest absolute Gasteiger partial charge is 0.272 e. The molecule has 1 unspecified atom stereocenters. The molecule has 0 aromatic heterocycles. The molecule has 13 heavy (non-hydrogen) atoms. The van der Waals surface area contributed by atoms with E-state index < -0.39 is 10.8 Å². The molecule has 0 radical (unpaired) electrons. The summed E-state index contributed by atoms with van der Waals surface area (Å²) >= 11 is 1.39. The third kappa shape index (κ3) is 7.81. The van der Waals surface area contributed by atoms with E-state index in [2.05, 4.69) is 10.3 Å². The molecule has 0 fully saturated rings. The average molecular weight is 219 g/mol. The Morgan fingerprint density at radius 3 is 2.92 bits per heavy atom. The summed E-state index contributed by atoms with van der Waals surface area (Å²) in [4.78, 5) is 4.12. The molecule has 6 heteroatoms. The lowest BCUT2D eigenvalue weighted by molar-refractivity contribution is 0.684. The molecule has 0 saturated carbocycles. The molecule has 1 N–H and O–H groups in total. The van der Waals surface area contributed by atoms with Gasteiger partial charge in [0.1, 0.15) is 0 Å². The first-order valence-electron chi connectivity index (χ1n) is 3.74. The first kappa shape index (κ1) is 12.5. The maximum absolute atomic E-state index is 10.7. The lowest BCUT2D eigenvalue weighted by Crippen LogP contribution is -2.13. The molecule has 0 heterocycles. The SMILES string of the molecule is CSC(=NCCCS(C)=O)NC#N. The molecule has 0 aliphatic rings. The monoisotopic (exact) mass is 219 g/mol. The maximum Gasteiger partial charge on any atom is 0.183 e. The summed E-state index contributed by atoms with van der Waals surface area (Å²) in [7, 11) is -0.747. The van der Waals surface area contributed by atoms with E-state index in [4.69, 9.17) is 5.26 Å². The number of rotatable bonds is 4. The lowest BCUT2D eigenvalue weighted by Gasteiger charge is -1.98. The molecular formula is C7H13N3OS2. The predicted molar refractivity (Wildman–Crippen MR) is 58.1 cm³/mol. The third-order valence-electron chi connectivity index (χ3n) is 1.20. The van der Waals surface area contributed by atoms with Gasteiger partial charge in [-0.2, -0.15) is 5.26 Å². The van der Waals surface area contributed by atoms with Crippen LogP contribution in [-0.4, -0.2) is 34.2 Å². The van der Waals surface area contributed by atoms with Crippen molar-refractivity contribution >= 4 is 27.7 Å². The van der Waals surface area contributed by atoms with Gasteiger partial charge in [-0.1, -0.05) is 11.8 Å². The molecule has 0 amide bonds. The Morgan fingerprint density at radius 1 is 1.77 bits per heavy atom. The normalized spacial score (nSPS) is 13.5. The summed E-state index contributed by atoms with van der Waals surface area (Å²) in [5, 5.41) is 11.4. The van der Waals surface area contributed by atoms with Gasteiger partial charge in [-0.25, -0.2) is 0 Å². The van der Waals surface area contributed by atoms with Crippen molar-refractivity contribution in [1.29, 1.82) is 5.26 Å². The second-order valence-electron chi connectivity index (χ2n) is 2.26. The Morgan fingerprint density at radius 2 is 2.46 bits per heavy atom. The van der Waals surface area contributed by atoms with Gasteiger partial charge in [-0.3, -0.25) is 14.5 Å². The van der Waals surface area contributed by atoms with E-state index in [0.29, 0.717) is 17.5 Å². The van der Waals surface area contributed by atoms with Gasteiger partial charge in [-0.15, -0.1) is 0 Å². The standard InChI is InChI=1S/C7H13N3OS2/c1-12-7(10-6-8)9-4-3-5-13(2)11/h3-5H2,1-2H3,(H,9,10). The molecule has 0 spiro atoms. The molecule has 0 saturated heterocycles. The highest BCUT2D eigenvalue weighted by Crippen LogP contribution is 1.95. The number of amidine groups is 1. The van der Waals surface area contributed by atoms with Crippen LogP contribution in [0.2, 0.25) is 0 Å². The minimum absolute atomic E-state index is 0.615. The maximum atomic E-state index is 10.7. The zero-order valence-corrected chi connectivity index (χ0v) is 9.37. The predicted octanol–water partition coefficient (Wildman–Crippen LogP) is 0.545. The van der Waals surface area contributed by atoms with Crippen LogP contribution in [-0.2, 0) is 10.8 Å². The Balaban J connectivity index is 3.68. The zero-order chi connectivity index (χ0) is 10.1. The van der Waals surface area contributed by atoms with Crippen LogP contribution in [0.4, 0.5) is 0 Å². The summed E-state index contributed by atoms with van der Waals surface area (Å²) in [5.41, 5.74) is 0. The van der Waals surface area contributed by atoms with Crippen LogP contribution in [0, 0.1) is 11.5 Å². The van der Waals surface area contributed by atoms with Crippen LogP contribution in [0.1, 0.15) is 6.42 Å². The molecule has 0 aromatic carbocycles. The van der Waals surface area contributed by atoms with Crippen LogP contribution in [0.25, 0.3) is 0 Å². The van der Waals surface area contributed by atoms with Crippen LogP contribution in [0.5, 0.6) is 0 Å². The Labute approximate surface area is 85.3 Å². The highest BCUT2D eigenvalue weighted by molar-refractivity contribution is 8.13. The summed E-state index contributed by atoms with van der Waals surface area (Å²) in [6.45, 7) is 0.616. The van der Waals surface area contributed by atoms with Crippen molar-refractivity contribution in [1.82, 2.24) is 5.32 Å². The molecular weight excluding hydrogens is 206 g/mol. The third-order valence-corrected chi connectivity index (χ3v) is 2.68. The number of hydrogen-bond acceptors (Lipinski definition) is 4. The Kier molecular flexibility index (Phi) is 7.74. The number of nitrogens with zero attached hydrogens (tertiary/aromatic N) is 2. The quantitative estimate of drug-likeness (QED) is 0.246. The number of hydrogen-bond donors (Lipinski definition) is 1. The van der Waals surface area contributed by atoms with Crippen molar-refractivity contribution in [2.24, 2.45) is 4.99 Å². The molecule has 1 atom stereocenters. The fourth-order valence-electron chi connectivity index (χ4n) is 0.651. The zero-order valence-electron chi connectivity index (χ0n) is 7.74. The Bertz CT molecular complexity index is 234. The molecule has 0 aromatic rings. The summed E-state index contributed by atoms with van der Waals surface area (Å²) in [5.74, 6) is 0.664. The first-order chi connectivity index (χ1) is 6.20. The molecule has 0 aliphatic heterocycles. The summed E-state index contributed by atoms with van der Waals surface area (Å²) < 4.78 is 10.7. The molecule has 0 bridgehead atoms. The second-order valence-corrected chi connectivity index (χ2v) is 4.61. The van der Waals surface area contributed by atoms with Gasteiger partial charge in [0.05, 0.1) is 0 Å². The van der Waals surface area contributed by atoms with E-state index in [9.17, 15) is 4.21 Å². The van der Waals surface area contributed by atoms with Gasteiger partial charge in [0.2, 0.25) is 0 Å². The highest BCUT2D eigenvalue weighted by Gasteiger charge is 1.94. The van der Waals surface area contributed by atoms with Crippen LogP contribution < -0.4 is 5.32 Å². The fraction of sp³-hybridized carbons (Fsp3) is 0.714. The highest BCUT2D eigenvalue weighted by atomic mass is 32.2. The van der Waals surface area contributed by atoms with Crippen molar-refractivity contribution in [3.63, 3.8) is 0 Å². The van der Waals surface area contributed by atoms with E-state index in [1.165, 1.54) is 11.8 Å². The topological polar surface area (TPSA) is 65.2 Å². The minimum Gasteiger partial charge on any atom is -0.272 e. The average Bonchev–Trinajstić information content (AvgIpc) is 2.10. The summed E-state index contributed by atoms with van der Waals surface area (Å²) in [6.07, 6.45) is 6.12. The van der Waals surface area contributed by atoms with Crippen LogP contribution >= 0.6 is 11.8 Å². The molecule has 74 valence electrons. The minimum atomic E-state index is -0.747. The molecule has 0 rings (SSSR count). The van der Waals surface area contributed by atoms with E-state index in [1.54, 1.807) is 12.4 Å². The van der Waals surface area contributed by atoms with Crippen molar-refractivity contribution in [3.05, 3.63) is 0 Å². The Hall–Kier alpha value is -0.540. The lowest BCUT2D eigenvalue weighted by atomic mass is 10.5. The first-order valence-corrected chi connectivity index (χ1v) is 6.69. The van der Waals surface area contributed by atoms with Crippen molar-refractivity contribution < 1.29 is 4.21 Å². The van der Waals surface area contributed by atoms with E-state index >= 15 is 0 Å². The van der Waals surface area contributed by atoms with Gasteiger partial charge < -0.3 is 0 Å². The van der Waals surface area contributed by atoms with E-state index in [1.807, 2.05) is 6.26 Å². The van der Waals surface area contributed by atoms with Gasteiger partial charge in [0, 0.05) is 29.4 Å².